The summed E-state index contributed by atoms with van der Waals surface area (Å²) in [5.41, 5.74) is -0.242. The maximum absolute atomic E-state index is 11.4. The maximum Gasteiger partial charge on any atom is 0.317 e. The molecule has 15 nitrogen and oxygen atoms in total. The Hall–Kier alpha value is -3.66. The molecule has 194 valence electrons. The highest BCUT2D eigenvalue weighted by molar-refractivity contribution is 5.73. The van der Waals surface area contributed by atoms with E-state index < -0.39 is 61.0 Å². The monoisotopic (exact) mass is 501 g/mol. The standard InChI is InChI=1S/C20H27N3O12/c24-17(25)9-21(10-18(26)27)5-6-34-7-8-35-13-16(22(11-19(28)29)12-20(30)31)14-3-1-2-4-15(14)23(32)33/h1-4,16H,5-13H2,(H,24,25)(H,26,27)(H,28,29)(H,30,31). The number of hydrogen-bond donors (Lipinski definition) is 4. The van der Waals surface area contributed by atoms with E-state index in [1.807, 2.05) is 0 Å². The Labute approximate surface area is 199 Å². The summed E-state index contributed by atoms with van der Waals surface area (Å²) >= 11 is 0. The number of benzene rings is 1. The van der Waals surface area contributed by atoms with E-state index in [1.54, 1.807) is 0 Å². The number of nitro benzene ring substituents is 1. The molecule has 0 saturated carbocycles. The second kappa shape index (κ2) is 15.3. The fourth-order valence-electron chi connectivity index (χ4n) is 3.16. The summed E-state index contributed by atoms with van der Waals surface area (Å²) in [5.74, 6) is -5.04. The van der Waals surface area contributed by atoms with Crippen molar-refractivity contribution < 1.29 is 54.0 Å². The summed E-state index contributed by atoms with van der Waals surface area (Å²) in [5, 5.41) is 47.4. The molecule has 1 unspecified atom stereocenters. The Kier molecular flexibility index (Phi) is 12.8. The highest BCUT2D eigenvalue weighted by atomic mass is 16.6. The van der Waals surface area contributed by atoms with Crippen LogP contribution in [-0.2, 0) is 28.7 Å². The van der Waals surface area contributed by atoms with E-state index in [9.17, 15) is 39.5 Å². The number of aliphatic carboxylic acids is 4. The van der Waals surface area contributed by atoms with Gasteiger partial charge in [-0.25, -0.2) is 0 Å². The lowest BCUT2D eigenvalue weighted by Crippen LogP contribution is -2.40. The SMILES string of the molecule is O=C(O)CN(CCOCCOCC(c1ccccc1[N+](=O)[O-])N(CC(=O)O)CC(=O)O)CC(=O)O. The fourth-order valence-corrected chi connectivity index (χ4v) is 3.16. The highest BCUT2D eigenvalue weighted by Gasteiger charge is 2.30. The Bertz CT molecular complexity index is 862. The highest BCUT2D eigenvalue weighted by Crippen LogP contribution is 2.29. The number of hydrogen-bond acceptors (Lipinski definition) is 10. The molecule has 0 spiro atoms. The summed E-state index contributed by atoms with van der Waals surface area (Å²) in [6, 6.07) is 4.46. The molecule has 0 aromatic heterocycles. The first-order chi connectivity index (χ1) is 16.5. The third-order valence-electron chi connectivity index (χ3n) is 4.53. The number of nitrogens with zero attached hydrogens (tertiary/aromatic N) is 3. The molecule has 0 aliphatic heterocycles. The number of nitro groups is 1. The molecular weight excluding hydrogens is 474 g/mol. The van der Waals surface area contributed by atoms with Crippen LogP contribution < -0.4 is 0 Å². The van der Waals surface area contributed by atoms with Crippen LogP contribution in [0.5, 0.6) is 0 Å². The van der Waals surface area contributed by atoms with E-state index in [-0.39, 0.29) is 44.2 Å². The fraction of sp³-hybridized carbons (Fsp3) is 0.500. The van der Waals surface area contributed by atoms with E-state index in [0.29, 0.717) is 0 Å². The first-order valence-corrected chi connectivity index (χ1v) is 10.2. The van der Waals surface area contributed by atoms with Crippen molar-refractivity contribution in [3.05, 3.63) is 39.9 Å². The number of para-hydroxylation sites is 1. The molecule has 1 aromatic carbocycles. The quantitative estimate of drug-likeness (QED) is 0.108. The van der Waals surface area contributed by atoms with E-state index >= 15 is 0 Å². The van der Waals surface area contributed by atoms with Gasteiger partial charge in [-0.05, 0) is 0 Å². The van der Waals surface area contributed by atoms with Crippen molar-refractivity contribution >= 4 is 29.6 Å². The Morgan fingerprint density at radius 1 is 0.829 bits per heavy atom. The van der Waals surface area contributed by atoms with Gasteiger partial charge in [-0.1, -0.05) is 18.2 Å². The topological polar surface area (TPSA) is 217 Å². The van der Waals surface area contributed by atoms with E-state index in [2.05, 4.69) is 0 Å². The molecule has 0 heterocycles. The van der Waals surface area contributed by atoms with Crippen LogP contribution in [-0.4, -0.2) is 118 Å². The molecule has 1 rings (SSSR count). The van der Waals surface area contributed by atoms with Crippen LogP contribution >= 0.6 is 0 Å². The largest absolute Gasteiger partial charge is 0.480 e. The van der Waals surface area contributed by atoms with Crippen LogP contribution in [0.25, 0.3) is 0 Å². The molecule has 35 heavy (non-hydrogen) atoms. The maximum atomic E-state index is 11.4. The van der Waals surface area contributed by atoms with Gasteiger partial charge in [0.05, 0.1) is 63.6 Å². The van der Waals surface area contributed by atoms with Crippen LogP contribution in [0.3, 0.4) is 0 Å². The second-order valence-electron chi connectivity index (χ2n) is 7.21. The summed E-state index contributed by atoms with van der Waals surface area (Å²) in [6.45, 7) is -2.67. The van der Waals surface area contributed by atoms with Gasteiger partial charge in [-0.3, -0.25) is 39.1 Å². The van der Waals surface area contributed by atoms with Gasteiger partial charge in [-0.2, -0.15) is 0 Å². The average Bonchev–Trinajstić information content (AvgIpc) is 2.73. The van der Waals surface area contributed by atoms with E-state index in [1.165, 1.54) is 24.3 Å². The third-order valence-corrected chi connectivity index (χ3v) is 4.53. The van der Waals surface area contributed by atoms with Crippen LogP contribution in [0.1, 0.15) is 11.6 Å². The molecule has 0 fully saturated rings. The number of carboxylic acids is 4. The Morgan fingerprint density at radius 2 is 1.34 bits per heavy atom. The second-order valence-corrected chi connectivity index (χ2v) is 7.21. The summed E-state index contributed by atoms with van der Waals surface area (Å²) in [6.07, 6.45) is 0. The zero-order chi connectivity index (χ0) is 26.4. The molecule has 0 aliphatic rings. The van der Waals surface area contributed by atoms with Gasteiger partial charge in [-0.15, -0.1) is 0 Å². The minimum Gasteiger partial charge on any atom is -0.480 e. The van der Waals surface area contributed by atoms with E-state index in [0.717, 1.165) is 9.80 Å². The van der Waals surface area contributed by atoms with Crippen molar-refractivity contribution in [3.8, 4) is 0 Å². The predicted molar refractivity (Wildman–Crippen MR) is 116 cm³/mol. The van der Waals surface area contributed by atoms with Crippen molar-refractivity contribution in [2.45, 2.75) is 6.04 Å². The van der Waals surface area contributed by atoms with Gasteiger partial charge in [0.1, 0.15) is 0 Å². The molecule has 15 heteroatoms. The van der Waals surface area contributed by atoms with Gasteiger partial charge in [0.2, 0.25) is 0 Å². The number of carbonyl (C=O) groups is 4. The molecule has 0 aliphatic carbocycles. The smallest absolute Gasteiger partial charge is 0.317 e. The summed E-state index contributed by atoms with van der Waals surface area (Å²) in [7, 11) is 0. The summed E-state index contributed by atoms with van der Waals surface area (Å²) in [4.78, 5) is 57.1. The zero-order valence-electron chi connectivity index (χ0n) is 18.6. The number of rotatable bonds is 19. The lowest BCUT2D eigenvalue weighted by Gasteiger charge is -2.29. The minimum atomic E-state index is -1.33. The molecule has 0 radical (unpaired) electrons. The molecule has 1 atom stereocenters. The van der Waals surface area contributed by atoms with Crippen molar-refractivity contribution in [1.29, 1.82) is 0 Å². The van der Waals surface area contributed by atoms with E-state index in [4.69, 9.17) is 19.7 Å². The molecule has 0 bridgehead atoms. The first-order valence-electron chi connectivity index (χ1n) is 10.2. The van der Waals surface area contributed by atoms with Crippen molar-refractivity contribution in [1.82, 2.24) is 9.80 Å². The molecular formula is C20H27N3O12. The van der Waals surface area contributed by atoms with Crippen LogP contribution in [0.2, 0.25) is 0 Å². The summed E-state index contributed by atoms with van der Waals surface area (Å²) < 4.78 is 10.8. The van der Waals surface area contributed by atoms with Crippen molar-refractivity contribution in [2.24, 2.45) is 0 Å². The number of ether oxygens (including phenoxy) is 2. The Morgan fingerprint density at radius 3 is 1.86 bits per heavy atom. The van der Waals surface area contributed by atoms with Gasteiger partial charge in [0.15, 0.2) is 0 Å². The van der Waals surface area contributed by atoms with Crippen LogP contribution in [0.4, 0.5) is 5.69 Å². The Balaban J connectivity index is 2.77. The van der Waals surface area contributed by atoms with Gasteiger partial charge in [0.25, 0.3) is 5.69 Å². The van der Waals surface area contributed by atoms with Gasteiger partial charge < -0.3 is 29.9 Å². The van der Waals surface area contributed by atoms with Gasteiger partial charge >= 0.3 is 23.9 Å². The van der Waals surface area contributed by atoms with Crippen LogP contribution in [0, 0.1) is 10.1 Å². The normalized spacial score (nSPS) is 11.9. The molecule has 1 aromatic rings. The molecule has 0 amide bonds. The lowest BCUT2D eigenvalue weighted by molar-refractivity contribution is -0.386. The van der Waals surface area contributed by atoms with Crippen molar-refractivity contribution in [2.75, 3.05) is 59.2 Å². The van der Waals surface area contributed by atoms with Crippen molar-refractivity contribution in [3.63, 3.8) is 0 Å². The first kappa shape index (κ1) is 29.4. The van der Waals surface area contributed by atoms with Crippen LogP contribution in [0.15, 0.2) is 24.3 Å². The minimum absolute atomic E-state index is 0.00165. The molecule has 0 saturated heterocycles. The van der Waals surface area contributed by atoms with Gasteiger partial charge in [0, 0.05) is 18.2 Å². The third kappa shape index (κ3) is 11.9. The predicted octanol–water partition coefficient (Wildman–Crippen LogP) is -0.388. The average molecular weight is 501 g/mol. The zero-order valence-corrected chi connectivity index (χ0v) is 18.6. The molecule has 4 N–H and O–H groups in total. The number of carboxylic acid groups (broad SMARTS) is 4. The lowest BCUT2D eigenvalue weighted by atomic mass is 10.0.